The number of aromatic nitrogens is 6. The lowest BCUT2D eigenvalue weighted by molar-refractivity contribution is 0.529. The molecule has 0 unspecified atom stereocenters. The molecule has 0 spiro atoms. The van der Waals surface area contributed by atoms with Gasteiger partial charge in [0.15, 0.2) is 5.76 Å². The highest BCUT2D eigenvalue weighted by atomic mass is 32.2. The number of thioether (sulfide) groups is 1. The van der Waals surface area contributed by atoms with Crippen LogP contribution in [-0.4, -0.2) is 29.6 Å². The summed E-state index contributed by atoms with van der Waals surface area (Å²) in [5.41, 5.74) is 2.83. The molecule has 0 radical (unpaired) electrons. The molecule has 3 heterocycles. The Kier molecular flexibility index (Phi) is 4.21. The third-order valence-corrected chi connectivity index (χ3v) is 4.71. The van der Waals surface area contributed by atoms with E-state index >= 15 is 0 Å². The van der Waals surface area contributed by atoms with E-state index in [1.165, 1.54) is 16.4 Å². The van der Waals surface area contributed by atoms with E-state index in [4.69, 9.17) is 10.3 Å². The van der Waals surface area contributed by atoms with Gasteiger partial charge in [0.25, 0.3) is 5.95 Å². The van der Waals surface area contributed by atoms with Gasteiger partial charge in [-0.2, -0.15) is 5.10 Å². The molecule has 0 amide bonds. The number of rotatable bonds is 5. The molecule has 4 aromatic rings. The number of aryl methyl sites for hydroxylation is 2. The van der Waals surface area contributed by atoms with E-state index in [9.17, 15) is 0 Å². The van der Waals surface area contributed by atoms with Gasteiger partial charge in [0.2, 0.25) is 11.0 Å². The molecule has 0 bridgehead atoms. The normalized spacial score (nSPS) is 11.2. The zero-order chi connectivity index (χ0) is 18.1. The molecule has 2 N–H and O–H groups in total. The van der Waals surface area contributed by atoms with E-state index in [1.807, 2.05) is 50.2 Å². The van der Waals surface area contributed by atoms with Gasteiger partial charge in [-0.3, -0.25) is 0 Å². The average molecular weight is 367 g/mol. The van der Waals surface area contributed by atoms with Gasteiger partial charge in [0.1, 0.15) is 0 Å². The summed E-state index contributed by atoms with van der Waals surface area (Å²) in [7, 11) is 0. The lowest BCUT2D eigenvalue weighted by atomic mass is 10.2. The van der Waals surface area contributed by atoms with Gasteiger partial charge in [0, 0.05) is 11.3 Å². The first kappa shape index (κ1) is 16.4. The van der Waals surface area contributed by atoms with E-state index in [2.05, 4.69) is 20.3 Å². The van der Waals surface area contributed by atoms with Crippen LogP contribution in [-0.2, 0) is 5.75 Å². The molecule has 1 aromatic carbocycles. The Morgan fingerprint density at radius 3 is 2.69 bits per heavy atom. The van der Waals surface area contributed by atoms with Gasteiger partial charge >= 0.3 is 0 Å². The fourth-order valence-electron chi connectivity index (χ4n) is 2.58. The van der Waals surface area contributed by atoms with Crippen molar-refractivity contribution >= 4 is 11.8 Å². The van der Waals surface area contributed by atoms with E-state index in [0.29, 0.717) is 22.7 Å². The molecule has 0 aliphatic carbocycles. The van der Waals surface area contributed by atoms with Gasteiger partial charge in [-0.15, -0.1) is 10.2 Å². The minimum atomic E-state index is 0.468. The highest BCUT2D eigenvalue weighted by Gasteiger charge is 2.16. The molecule has 132 valence electrons. The predicted molar refractivity (Wildman–Crippen MR) is 98.3 cm³/mol. The van der Waals surface area contributed by atoms with Gasteiger partial charge in [-0.05, 0) is 19.9 Å². The molecular formula is C17H17N7OS. The monoisotopic (exact) mass is 367 g/mol. The number of nitrogens with two attached hydrogens (primary N) is 1. The van der Waals surface area contributed by atoms with Crippen LogP contribution in [0.4, 0.5) is 0 Å². The fraction of sp³-hybridized carbons (Fsp3) is 0.176. The van der Waals surface area contributed by atoms with Crippen molar-refractivity contribution in [2.24, 2.45) is 0 Å². The molecule has 26 heavy (non-hydrogen) atoms. The number of nitrogen functional groups attached to an aromatic ring is 1. The molecule has 0 aliphatic heterocycles. The van der Waals surface area contributed by atoms with Crippen LogP contribution in [0.5, 0.6) is 0 Å². The quantitative estimate of drug-likeness (QED) is 0.427. The molecule has 0 saturated heterocycles. The van der Waals surface area contributed by atoms with Crippen LogP contribution in [0.25, 0.3) is 17.3 Å². The van der Waals surface area contributed by atoms with Crippen LogP contribution in [0, 0.1) is 13.8 Å². The van der Waals surface area contributed by atoms with Gasteiger partial charge in [0.05, 0.1) is 17.6 Å². The number of hydrogen-bond acceptors (Lipinski definition) is 7. The standard InChI is InChI=1S/C17H17N7OS/c1-11-8-12(2)24(22-11)16-20-21-17(23(16)18)26-10-15-19-9-14(25-15)13-6-4-3-5-7-13/h3-9H,10,18H2,1-2H3. The Morgan fingerprint density at radius 1 is 1.15 bits per heavy atom. The van der Waals surface area contributed by atoms with Crippen LogP contribution in [0.1, 0.15) is 17.3 Å². The summed E-state index contributed by atoms with van der Waals surface area (Å²) < 4.78 is 8.89. The van der Waals surface area contributed by atoms with Crippen LogP contribution in [0.2, 0.25) is 0 Å². The van der Waals surface area contributed by atoms with E-state index in [-0.39, 0.29) is 0 Å². The Balaban J connectivity index is 1.49. The Labute approximate surface area is 154 Å². The van der Waals surface area contributed by atoms with E-state index in [1.54, 1.807) is 10.9 Å². The summed E-state index contributed by atoms with van der Waals surface area (Å²) in [6.45, 7) is 3.86. The highest BCUT2D eigenvalue weighted by Crippen LogP contribution is 2.25. The second-order valence-corrected chi connectivity index (χ2v) is 6.71. The average Bonchev–Trinajstić information content (AvgIpc) is 3.33. The van der Waals surface area contributed by atoms with Crippen molar-refractivity contribution in [3.05, 3.63) is 59.9 Å². The van der Waals surface area contributed by atoms with Crippen molar-refractivity contribution in [1.29, 1.82) is 0 Å². The lowest BCUT2D eigenvalue weighted by Gasteiger charge is -2.04. The van der Waals surface area contributed by atoms with Gasteiger partial charge in [-0.25, -0.2) is 14.3 Å². The van der Waals surface area contributed by atoms with Gasteiger partial charge < -0.3 is 10.3 Å². The third kappa shape index (κ3) is 3.08. The van der Waals surface area contributed by atoms with Crippen molar-refractivity contribution < 1.29 is 4.42 Å². The van der Waals surface area contributed by atoms with Gasteiger partial charge in [-0.1, -0.05) is 42.1 Å². The predicted octanol–water partition coefficient (Wildman–Crippen LogP) is 2.74. The summed E-state index contributed by atoms with van der Waals surface area (Å²) in [5.74, 6) is 8.44. The van der Waals surface area contributed by atoms with Crippen LogP contribution in [0.15, 0.2) is 52.2 Å². The minimum Gasteiger partial charge on any atom is -0.440 e. The summed E-state index contributed by atoms with van der Waals surface area (Å²) in [6.07, 6.45) is 1.72. The summed E-state index contributed by atoms with van der Waals surface area (Å²) in [5, 5.41) is 13.2. The number of nitrogens with zero attached hydrogens (tertiary/aromatic N) is 6. The number of benzene rings is 1. The third-order valence-electron chi connectivity index (χ3n) is 3.78. The van der Waals surface area contributed by atoms with E-state index in [0.717, 1.165) is 22.7 Å². The maximum atomic E-state index is 6.13. The zero-order valence-corrected chi connectivity index (χ0v) is 15.1. The first-order valence-electron chi connectivity index (χ1n) is 7.99. The zero-order valence-electron chi connectivity index (χ0n) is 14.3. The second kappa shape index (κ2) is 6.68. The van der Waals surface area contributed by atoms with Crippen molar-refractivity contribution in [3.63, 3.8) is 0 Å². The largest absolute Gasteiger partial charge is 0.440 e. The molecule has 9 heteroatoms. The molecule has 0 atom stereocenters. The van der Waals surface area contributed by atoms with Crippen LogP contribution < -0.4 is 5.84 Å². The first-order valence-corrected chi connectivity index (χ1v) is 8.97. The number of hydrogen-bond donors (Lipinski definition) is 1. The number of oxazole rings is 1. The Hall–Kier alpha value is -3.07. The molecule has 8 nitrogen and oxygen atoms in total. The fourth-order valence-corrected chi connectivity index (χ4v) is 3.29. The molecule has 0 aliphatic rings. The maximum Gasteiger partial charge on any atom is 0.271 e. The smallest absolute Gasteiger partial charge is 0.271 e. The Bertz CT molecular complexity index is 1030. The van der Waals surface area contributed by atoms with Crippen molar-refractivity contribution in [2.45, 2.75) is 24.8 Å². The van der Waals surface area contributed by atoms with Crippen LogP contribution >= 0.6 is 11.8 Å². The Morgan fingerprint density at radius 2 is 1.96 bits per heavy atom. The topological polar surface area (TPSA) is 101 Å². The minimum absolute atomic E-state index is 0.468. The van der Waals surface area contributed by atoms with Crippen molar-refractivity contribution in [1.82, 2.24) is 29.6 Å². The van der Waals surface area contributed by atoms with Crippen molar-refractivity contribution in [2.75, 3.05) is 5.84 Å². The molecule has 4 rings (SSSR count). The second-order valence-electron chi connectivity index (χ2n) is 5.76. The van der Waals surface area contributed by atoms with Crippen LogP contribution in [0.3, 0.4) is 0 Å². The first-order chi connectivity index (χ1) is 12.6. The maximum absolute atomic E-state index is 6.13. The summed E-state index contributed by atoms with van der Waals surface area (Å²) >= 11 is 1.40. The summed E-state index contributed by atoms with van der Waals surface area (Å²) in [4.78, 5) is 4.32. The highest BCUT2D eigenvalue weighted by molar-refractivity contribution is 7.98. The molecular weight excluding hydrogens is 350 g/mol. The lowest BCUT2D eigenvalue weighted by Crippen LogP contribution is -2.17. The van der Waals surface area contributed by atoms with Crippen molar-refractivity contribution in [3.8, 4) is 17.3 Å². The SMILES string of the molecule is Cc1cc(C)n(-c2nnc(SCc3ncc(-c4ccccc4)o3)n2N)n1. The van der Waals surface area contributed by atoms with E-state index < -0.39 is 0 Å². The molecule has 0 saturated carbocycles. The summed E-state index contributed by atoms with van der Waals surface area (Å²) in [6, 6.07) is 11.8. The molecule has 3 aromatic heterocycles. The molecule has 0 fully saturated rings.